The summed E-state index contributed by atoms with van der Waals surface area (Å²) < 4.78 is 0. The Morgan fingerprint density at radius 1 is 0.239 bits per heavy atom. The summed E-state index contributed by atoms with van der Waals surface area (Å²) in [6.45, 7) is 9.53. The van der Waals surface area contributed by atoms with E-state index in [9.17, 15) is 0 Å². The maximum atomic E-state index is 2.55. The Morgan fingerprint density at radius 2 is 0.627 bits per heavy atom. The number of anilines is 3. The predicted octanol–water partition coefficient (Wildman–Crippen LogP) is 18.1. The number of nitrogens with zero attached hydrogens (tertiary/aromatic N) is 1. The lowest BCUT2D eigenvalue weighted by Crippen LogP contribution is -2.17. The first-order chi connectivity index (χ1) is 32.8. The molecule has 0 aromatic heterocycles. The summed E-state index contributed by atoms with van der Waals surface area (Å²) in [5.41, 5.74) is 25.8. The Labute approximate surface area is 395 Å². The van der Waals surface area contributed by atoms with E-state index in [4.69, 9.17) is 0 Å². The normalized spacial score (nSPS) is 13.6. The van der Waals surface area contributed by atoms with Crippen LogP contribution in [-0.4, -0.2) is 0 Å². The van der Waals surface area contributed by atoms with Crippen molar-refractivity contribution < 1.29 is 0 Å². The van der Waals surface area contributed by atoms with E-state index < -0.39 is 0 Å². The maximum absolute atomic E-state index is 2.55. The Morgan fingerprint density at radius 3 is 1.22 bits per heavy atom. The molecule has 0 atom stereocenters. The van der Waals surface area contributed by atoms with Gasteiger partial charge in [0, 0.05) is 27.5 Å². The molecule has 0 bridgehead atoms. The quantitative estimate of drug-likeness (QED) is 0.147. The summed E-state index contributed by atoms with van der Waals surface area (Å²) in [7, 11) is 0. The van der Waals surface area contributed by atoms with E-state index in [0.717, 1.165) is 28.2 Å². The molecule has 0 aliphatic heterocycles. The lowest BCUT2D eigenvalue weighted by Gasteiger charge is -2.33. The summed E-state index contributed by atoms with van der Waals surface area (Å²) in [6.07, 6.45) is 0. The number of fused-ring (bicyclic) bond motifs is 6. The van der Waals surface area contributed by atoms with Crippen LogP contribution in [0.2, 0.25) is 0 Å². The van der Waals surface area contributed by atoms with Crippen LogP contribution in [-0.2, 0) is 10.8 Å². The molecular weight excluding hydrogens is 807 g/mol. The lowest BCUT2D eigenvalue weighted by molar-refractivity contribution is 0.660. The van der Waals surface area contributed by atoms with Gasteiger partial charge in [-0.3, -0.25) is 0 Å². The number of rotatable bonds is 8. The SMILES string of the molecule is CC1(C)c2ccccc2-c2ccc(-c3ccccc3N(c3ccccc3-c3ccc(-c4ccccc4)c(-c4ccccc4)c3)c3ccccc3-c3cccc4c3C(C)(C)c3ccccc3-4)cc21. The van der Waals surface area contributed by atoms with Gasteiger partial charge in [0.1, 0.15) is 0 Å². The summed E-state index contributed by atoms with van der Waals surface area (Å²) in [5, 5.41) is 0. The van der Waals surface area contributed by atoms with Crippen LogP contribution < -0.4 is 4.90 Å². The average Bonchev–Trinajstić information content (AvgIpc) is 3.76. The molecule has 10 aromatic rings. The molecule has 0 saturated carbocycles. The largest absolute Gasteiger partial charge is 0.309 e. The van der Waals surface area contributed by atoms with Crippen LogP contribution in [0.15, 0.2) is 237 Å². The number of hydrogen-bond donors (Lipinski definition) is 0. The third-order valence-electron chi connectivity index (χ3n) is 14.7. The Bertz CT molecular complexity index is 3520. The first-order valence-electron chi connectivity index (χ1n) is 23.6. The van der Waals surface area contributed by atoms with Crippen molar-refractivity contribution in [3.8, 4) is 77.9 Å². The van der Waals surface area contributed by atoms with Crippen LogP contribution in [0.25, 0.3) is 77.9 Å². The molecule has 1 nitrogen and oxygen atoms in total. The van der Waals surface area contributed by atoms with Gasteiger partial charge < -0.3 is 4.90 Å². The van der Waals surface area contributed by atoms with Gasteiger partial charge in [-0.25, -0.2) is 0 Å². The van der Waals surface area contributed by atoms with Crippen molar-refractivity contribution in [2.45, 2.75) is 38.5 Å². The van der Waals surface area contributed by atoms with E-state index in [1.165, 1.54) is 89.0 Å². The van der Waals surface area contributed by atoms with E-state index in [1.54, 1.807) is 0 Å². The van der Waals surface area contributed by atoms with Gasteiger partial charge in [-0.1, -0.05) is 234 Å². The van der Waals surface area contributed by atoms with Crippen molar-refractivity contribution in [2.24, 2.45) is 0 Å². The minimum absolute atomic E-state index is 0.129. The van der Waals surface area contributed by atoms with E-state index in [0.29, 0.717) is 0 Å². The molecule has 0 radical (unpaired) electrons. The fraction of sp³-hybridized carbons (Fsp3) is 0.0909. The molecule has 0 spiro atoms. The first kappa shape index (κ1) is 40.5. The van der Waals surface area contributed by atoms with Crippen molar-refractivity contribution in [3.05, 3.63) is 259 Å². The summed E-state index contributed by atoms with van der Waals surface area (Å²) >= 11 is 0. The van der Waals surface area contributed by atoms with Gasteiger partial charge in [-0.05, 0) is 114 Å². The average molecular weight is 858 g/mol. The molecule has 0 fully saturated rings. The lowest BCUT2D eigenvalue weighted by atomic mass is 9.78. The van der Waals surface area contributed by atoms with Gasteiger partial charge in [0.25, 0.3) is 0 Å². The molecule has 0 amide bonds. The first-order valence-corrected chi connectivity index (χ1v) is 23.6. The van der Waals surface area contributed by atoms with E-state index in [1.807, 2.05) is 0 Å². The molecule has 10 aromatic carbocycles. The molecule has 0 N–H and O–H groups in total. The minimum Gasteiger partial charge on any atom is -0.309 e. The van der Waals surface area contributed by atoms with Crippen molar-refractivity contribution in [1.82, 2.24) is 0 Å². The molecule has 67 heavy (non-hydrogen) atoms. The zero-order chi connectivity index (χ0) is 45.3. The highest BCUT2D eigenvalue weighted by atomic mass is 15.1. The second-order valence-corrected chi connectivity index (χ2v) is 19.2. The van der Waals surface area contributed by atoms with Gasteiger partial charge in [0.2, 0.25) is 0 Å². The van der Waals surface area contributed by atoms with E-state index in [-0.39, 0.29) is 10.8 Å². The van der Waals surface area contributed by atoms with Gasteiger partial charge >= 0.3 is 0 Å². The molecule has 0 unspecified atom stereocenters. The molecule has 12 rings (SSSR count). The molecule has 0 saturated heterocycles. The highest BCUT2D eigenvalue weighted by Gasteiger charge is 2.39. The molecule has 320 valence electrons. The Balaban J connectivity index is 1.11. The van der Waals surface area contributed by atoms with Crippen molar-refractivity contribution in [3.63, 3.8) is 0 Å². The highest BCUT2D eigenvalue weighted by Crippen LogP contribution is 2.56. The Hall–Kier alpha value is -8.00. The summed E-state index contributed by atoms with van der Waals surface area (Å²) in [5.74, 6) is 0. The second-order valence-electron chi connectivity index (χ2n) is 19.2. The van der Waals surface area contributed by atoms with Crippen LogP contribution in [0.3, 0.4) is 0 Å². The van der Waals surface area contributed by atoms with Crippen molar-refractivity contribution >= 4 is 17.1 Å². The predicted molar refractivity (Wildman–Crippen MR) is 283 cm³/mol. The van der Waals surface area contributed by atoms with Crippen molar-refractivity contribution in [2.75, 3.05) is 4.90 Å². The second kappa shape index (κ2) is 15.9. The molecule has 0 heterocycles. The molecule has 2 aliphatic rings. The number of hydrogen-bond acceptors (Lipinski definition) is 1. The molecule has 2 aliphatic carbocycles. The minimum atomic E-state index is -0.195. The van der Waals surface area contributed by atoms with Gasteiger partial charge in [0.05, 0.1) is 17.1 Å². The fourth-order valence-corrected chi connectivity index (χ4v) is 11.5. The van der Waals surface area contributed by atoms with Crippen molar-refractivity contribution in [1.29, 1.82) is 0 Å². The Kier molecular flexibility index (Phi) is 9.59. The fourth-order valence-electron chi connectivity index (χ4n) is 11.5. The van der Waals surface area contributed by atoms with Gasteiger partial charge in [0.15, 0.2) is 0 Å². The summed E-state index contributed by atoms with van der Waals surface area (Å²) in [6, 6.07) is 87.7. The zero-order valence-electron chi connectivity index (χ0n) is 38.5. The van der Waals surface area contributed by atoms with Crippen LogP contribution in [0.4, 0.5) is 17.1 Å². The monoisotopic (exact) mass is 857 g/mol. The van der Waals surface area contributed by atoms with E-state index >= 15 is 0 Å². The van der Waals surface area contributed by atoms with E-state index in [2.05, 4.69) is 269 Å². The maximum Gasteiger partial charge on any atom is 0.0540 e. The smallest absolute Gasteiger partial charge is 0.0540 e. The van der Waals surface area contributed by atoms with Gasteiger partial charge in [-0.2, -0.15) is 0 Å². The topological polar surface area (TPSA) is 3.24 Å². The third-order valence-corrected chi connectivity index (χ3v) is 14.7. The molecule has 1 heteroatoms. The highest BCUT2D eigenvalue weighted by molar-refractivity contribution is 6.01. The third kappa shape index (κ3) is 6.52. The number of benzene rings is 10. The zero-order valence-corrected chi connectivity index (χ0v) is 38.5. The standard InChI is InChI=1S/C66H51N/c1-65(2)58-33-16-11-28-51(58)53-41-39-47(43-60(53)65)50-27-14-19-36-62(50)67(63-37-20-15-30-54(63)56-32-21-31-55-52-29-12-17-34-59(52)66(3,4)64(55)56)61-35-18-13-26-49(61)46-38-40-48(44-22-7-5-8-23-44)57(42-46)45-24-9-6-10-25-45/h5-43H,1-4H3. The summed E-state index contributed by atoms with van der Waals surface area (Å²) in [4.78, 5) is 2.55. The number of para-hydroxylation sites is 3. The van der Waals surface area contributed by atoms with Crippen LogP contribution in [0, 0.1) is 0 Å². The van der Waals surface area contributed by atoms with Crippen LogP contribution in [0.5, 0.6) is 0 Å². The van der Waals surface area contributed by atoms with Crippen LogP contribution in [0.1, 0.15) is 49.9 Å². The van der Waals surface area contributed by atoms with Gasteiger partial charge in [-0.15, -0.1) is 0 Å². The molecular formula is C66H51N. The van der Waals surface area contributed by atoms with Crippen LogP contribution >= 0.6 is 0 Å².